The number of hydrogen-bond acceptors (Lipinski definition) is 6. The highest BCUT2D eigenvalue weighted by Crippen LogP contribution is 2.63. The van der Waals surface area contributed by atoms with Crippen LogP contribution in [0.2, 0.25) is 0 Å². The largest absolute Gasteiger partial charge is 0.459 e. The molecule has 2 unspecified atom stereocenters. The summed E-state index contributed by atoms with van der Waals surface area (Å²) in [7, 11) is -3.63. The first-order valence-electron chi connectivity index (χ1n) is 8.94. The minimum atomic E-state index is -3.63. The lowest BCUT2D eigenvalue weighted by Crippen LogP contribution is -2.50. The van der Waals surface area contributed by atoms with E-state index in [1.165, 1.54) is 0 Å². The third-order valence-corrected chi connectivity index (χ3v) is 6.42. The van der Waals surface area contributed by atoms with Crippen molar-refractivity contribution in [1.82, 2.24) is 5.32 Å². The Labute approximate surface area is 157 Å². The minimum absolute atomic E-state index is 0.224. The molecule has 1 rings (SSSR count). The van der Waals surface area contributed by atoms with Gasteiger partial charge in [-0.3, -0.25) is 14.7 Å². The lowest BCUT2D eigenvalue weighted by molar-refractivity contribution is -0.157. The summed E-state index contributed by atoms with van der Waals surface area (Å²) in [5.41, 5.74) is 0.0975. The Morgan fingerprint density at radius 2 is 1.58 bits per heavy atom. The number of carbonyl (C=O) groups is 1. The molecule has 0 saturated heterocycles. The van der Waals surface area contributed by atoms with Crippen molar-refractivity contribution in [2.45, 2.75) is 65.4 Å². The summed E-state index contributed by atoms with van der Waals surface area (Å²) in [5.74, 6) is -0.431. The number of ether oxygens (including phenoxy) is 1. The number of hydrogen-bond donors (Lipinski definition) is 1. The van der Waals surface area contributed by atoms with Crippen molar-refractivity contribution in [1.29, 1.82) is 0 Å². The molecule has 26 heavy (non-hydrogen) atoms. The molecule has 1 aromatic rings. The fourth-order valence-electron chi connectivity index (χ4n) is 2.59. The van der Waals surface area contributed by atoms with Gasteiger partial charge in [-0.25, -0.2) is 0 Å². The van der Waals surface area contributed by atoms with E-state index in [-0.39, 0.29) is 13.2 Å². The van der Waals surface area contributed by atoms with Crippen LogP contribution >= 0.6 is 7.60 Å². The van der Waals surface area contributed by atoms with Gasteiger partial charge in [0.05, 0.1) is 13.2 Å². The Hall–Kier alpha value is -1.20. The molecule has 0 amide bonds. The van der Waals surface area contributed by atoms with E-state index in [4.69, 9.17) is 13.8 Å². The van der Waals surface area contributed by atoms with Crippen LogP contribution in [0.4, 0.5) is 0 Å². The van der Waals surface area contributed by atoms with Gasteiger partial charge in [0.2, 0.25) is 0 Å². The normalized spacial score (nSPS) is 16.0. The van der Waals surface area contributed by atoms with Crippen molar-refractivity contribution >= 4 is 13.6 Å². The molecule has 1 aromatic carbocycles. The standard InChI is InChI=1S/C19H32NO5P/c1-8-23-26(22,24-9-2)19(7,16-13-11-10-12-14-16)20-15(3)17(21)25-18(4,5)6/h10-15,20H,8-9H2,1-7H3. The molecule has 7 heteroatoms. The van der Waals surface area contributed by atoms with Crippen LogP contribution < -0.4 is 5.32 Å². The van der Waals surface area contributed by atoms with Crippen LogP contribution in [0.1, 0.15) is 54.0 Å². The van der Waals surface area contributed by atoms with E-state index in [1.54, 1.807) is 48.5 Å². The summed E-state index contributed by atoms with van der Waals surface area (Å²) < 4.78 is 30.2. The molecule has 0 saturated carbocycles. The monoisotopic (exact) mass is 385 g/mol. The Kier molecular flexibility index (Phi) is 8.03. The highest BCUT2D eigenvalue weighted by molar-refractivity contribution is 7.55. The fraction of sp³-hybridized carbons (Fsp3) is 0.632. The Balaban J connectivity index is 3.29. The van der Waals surface area contributed by atoms with E-state index in [2.05, 4.69) is 5.32 Å². The van der Waals surface area contributed by atoms with Gasteiger partial charge < -0.3 is 13.8 Å². The highest BCUT2D eigenvalue weighted by atomic mass is 31.2. The first-order chi connectivity index (χ1) is 12.0. The average molecular weight is 385 g/mol. The number of rotatable bonds is 9. The quantitative estimate of drug-likeness (QED) is 0.500. The molecule has 0 radical (unpaired) electrons. The van der Waals surface area contributed by atoms with Gasteiger partial charge in [0, 0.05) is 0 Å². The predicted octanol–water partition coefficient (Wildman–Crippen LogP) is 4.45. The van der Waals surface area contributed by atoms with Crippen LogP contribution in [0.3, 0.4) is 0 Å². The third-order valence-electron chi connectivity index (χ3n) is 3.74. The van der Waals surface area contributed by atoms with Gasteiger partial charge in [-0.05, 0) is 54.0 Å². The first kappa shape index (κ1) is 22.8. The average Bonchev–Trinajstić information content (AvgIpc) is 2.54. The SMILES string of the molecule is CCOP(=O)(OCC)C(C)(NC(C)C(=O)OC(C)(C)C)c1ccccc1. The van der Waals surface area contributed by atoms with Gasteiger partial charge >= 0.3 is 13.6 Å². The highest BCUT2D eigenvalue weighted by Gasteiger charge is 2.50. The van der Waals surface area contributed by atoms with E-state index in [1.807, 2.05) is 30.3 Å². The molecule has 0 bridgehead atoms. The topological polar surface area (TPSA) is 73.9 Å². The molecule has 0 aliphatic heterocycles. The number of nitrogens with one attached hydrogen (secondary N) is 1. The molecular weight excluding hydrogens is 353 g/mol. The molecule has 1 N–H and O–H groups in total. The molecule has 0 spiro atoms. The van der Waals surface area contributed by atoms with Gasteiger partial charge in [-0.1, -0.05) is 30.3 Å². The predicted molar refractivity (Wildman–Crippen MR) is 103 cm³/mol. The molecule has 0 aliphatic carbocycles. The van der Waals surface area contributed by atoms with E-state index in [9.17, 15) is 9.36 Å². The van der Waals surface area contributed by atoms with Crippen molar-refractivity contribution in [3.8, 4) is 0 Å². The Bertz CT molecular complexity index is 619. The summed E-state index contributed by atoms with van der Waals surface area (Å²) in [4.78, 5) is 12.5. The second kappa shape index (κ2) is 9.14. The van der Waals surface area contributed by atoms with Gasteiger partial charge in [0.25, 0.3) is 0 Å². The smallest absolute Gasteiger partial charge is 0.354 e. The van der Waals surface area contributed by atoms with Gasteiger partial charge in [-0.2, -0.15) is 0 Å². The number of esters is 1. The maximum absolute atomic E-state index is 13.6. The van der Waals surface area contributed by atoms with Crippen molar-refractivity contribution in [2.75, 3.05) is 13.2 Å². The molecule has 0 aromatic heterocycles. The maximum atomic E-state index is 13.6. The molecule has 0 heterocycles. The van der Waals surface area contributed by atoms with E-state index in [0.717, 1.165) is 0 Å². The number of carbonyl (C=O) groups excluding carboxylic acids is 1. The molecule has 0 fully saturated rings. The zero-order valence-corrected chi connectivity index (χ0v) is 17.8. The fourth-order valence-corrected chi connectivity index (χ4v) is 4.68. The van der Waals surface area contributed by atoms with Crippen LogP contribution in [-0.4, -0.2) is 30.8 Å². The zero-order chi connectivity index (χ0) is 20.0. The number of benzene rings is 1. The first-order valence-corrected chi connectivity index (χ1v) is 10.5. The summed E-state index contributed by atoms with van der Waals surface area (Å²) in [6.45, 7) is 12.8. The zero-order valence-electron chi connectivity index (χ0n) is 16.9. The van der Waals surface area contributed by atoms with Crippen molar-refractivity contribution in [2.24, 2.45) is 0 Å². The minimum Gasteiger partial charge on any atom is -0.459 e. The van der Waals surface area contributed by atoms with E-state index in [0.29, 0.717) is 5.56 Å². The molecule has 148 valence electrons. The third kappa shape index (κ3) is 5.65. The van der Waals surface area contributed by atoms with E-state index < -0.39 is 30.5 Å². The second-order valence-electron chi connectivity index (χ2n) is 7.17. The van der Waals surface area contributed by atoms with Crippen molar-refractivity contribution in [3.05, 3.63) is 35.9 Å². The van der Waals surface area contributed by atoms with Crippen LogP contribution in [-0.2, 0) is 28.4 Å². The van der Waals surface area contributed by atoms with Crippen molar-refractivity contribution in [3.63, 3.8) is 0 Å². The summed E-state index contributed by atoms with van der Waals surface area (Å²) in [6.07, 6.45) is 0. The summed E-state index contributed by atoms with van der Waals surface area (Å²) >= 11 is 0. The second-order valence-corrected chi connectivity index (χ2v) is 9.58. The van der Waals surface area contributed by atoms with E-state index >= 15 is 0 Å². The van der Waals surface area contributed by atoms with Gasteiger partial charge in [-0.15, -0.1) is 0 Å². The Morgan fingerprint density at radius 3 is 2.00 bits per heavy atom. The van der Waals surface area contributed by atoms with Crippen LogP contribution in [0, 0.1) is 0 Å². The summed E-state index contributed by atoms with van der Waals surface area (Å²) in [6, 6.07) is 8.51. The van der Waals surface area contributed by atoms with Crippen molar-refractivity contribution < 1.29 is 23.1 Å². The lowest BCUT2D eigenvalue weighted by atomic mass is 10.1. The maximum Gasteiger partial charge on any atom is 0.354 e. The molecular formula is C19H32NO5P. The lowest BCUT2D eigenvalue weighted by Gasteiger charge is -2.39. The van der Waals surface area contributed by atoms with Crippen LogP contribution in [0.25, 0.3) is 0 Å². The van der Waals surface area contributed by atoms with Crippen LogP contribution in [0.15, 0.2) is 30.3 Å². The van der Waals surface area contributed by atoms with Gasteiger partial charge in [0.1, 0.15) is 16.9 Å². The molecule has 0 aliphatic rings. The summed E-state index contributed by atoms with van der Waals surface area (Å²) in [5, 5.41) is 1.94. The van der Waals surface area contributed by atoms with Gasteiger partial charge in [0.15, 0.2) is 0 Å². The molecule has 6 nitrogen and oxygen atoms in total. The molecule has 2 atom stereocenters. The van der Waals surface area contributed by atoms with Crippen LogP contribution in [0.5, 0.6) is 0 Å². The Morgan fingerprint density at radius 1 is 1.08 bits per heavy atom.